The van der Waals surface area contributed by atoms with Gasteiger partial charge in [-0.2, -0.15) is 0 Å². The molecule has 92 valence electrons. The number of nitrogens with zero attached hydrogens (tertiary/aromatic N) is 2. The highest BCUT2D eigenvalue weighted by molar-refractivity contribution is 7.15. The Morgan fingerprint density at radius 2 is 2.00 bits per heavy atom. The minimum atomic E-state index is 0.122. The maximum Gasteiger partial charge on any atom is 0.185 e. The summed E-state index contributed by atoms with van der Waals surface area (Å²) in [6, 6.07) is 0. The number of thiazole rings is 1. The number of aryl methyl sites for hydroxylation is 1. The first-order chi connectivity index (χ1) is 7.76. The Kier molecular flexibility index (Phi) is 5.77. The van der Waals surface area contributed by atoms with E-state index in [1.807, 2.05) is 0 Å². The van der Waals surface area contributed by atoms with Gasteiger partial charge in [-0.05, 0) is 19.8 Å². The molecule has 0 unspecified atom stereocenters. The zero-order chi connectivity index (χ0) is 12.0. The predicted molar refractivity (Wildman–Crippen MR) is 70.2 cm³/mol. The van der Waals surface area contributed by atoms with Crippen molar-refractivity contribution >= 4 is 16.5 Å². The van der Waals surface area contributed by atoms with Crippen LogP contribution in [0.15, 0.2) is 0 Å². The van der Waals surface area contributed by atoms with E-state index in [0.717, 1.165) is 48.1 Å². The van der Waals surface area contributed by atoms with Gasteiger partial charge in [-0.15, -0.1) is 0 Å². The quantitative estimate of drug-likeness (QED) is 0.798. The first-order valence-corrected chi connectivity index (χ1v) is 6.92. The van der Waals surface area contributed by atoms with Crippen LogP contribution in [-0.2, 0) is 13.0 Å². The Hall–Kier alpha value is -0.610. The summed E-state index contributed by atoms with van der Waals surface area (Å²) in [5.74, 6) is 0. The fourth-order valence-electron chi connectivity index (χ4n) is 1.72. The van der Waals surface area contributed by atoms with E-state index in [2.05, 4.69) is 30.7 Å². The fraction of sp³-hybridized carbons (Fsp3) is 0.750. The van der Waals surface area contributed by atoms with Crippen molar-refractivity contribution in [3.63, 3.8) is 0 Å². The second kappa shape index (κ2) is 6.86. The molecule has 0 fully saturated rings. The van der Waals surface area contributed by atoms with E-state index < -0.39 is 0 Å². The molecular formula is C12H22N2OS. The maximum atomic E-state index is 9.29. The Morgan fingerprint density at radius 1 is 1.25 bits per heavy atom. The molecule has 0 aliphatic carbocycles. The van der Waals surface area contributed by atoms with Crippen molar-refractivity contribution in [2.45, 2.75) is 46.6 Å². The van der Waals surface area contributed by atoms with Crippen LogP contribution < -0.4 is 4.90 Å². The van der Waals surface area contributed by atoms with Crippen LogP contribution in [0.1, 0.15) is 44.2 Å². The molecule has 0 amide bonds. The molecule has 0 aromatic carbocycles. The van der Waals surface area contributed by atoms with Crippen molar-refractivity contribution in [1.29, 1.82) is 0 Å². The Labute approximate surface area is 102 Å². The largest absolute Gasteiger partial charge is 0.391 e. The Balaban J connectivity index is 2.86. The van der Waals surface area contributed by atoms with E-state index >= 15 is 0 Å². The third-order valence-electron chi connectivity index (χ3n) is 2.54. The Bertz CT molecular complexity index is 312. The van der Waals surface area contributed by atoms with Gasteiger partial charge in [0.1, 0.15) is 0 Å². The lowest BCUT2D eigenvalue weighted by Gasteiger charge is -2.18. The van der Waals surface area contributed by atoms with E-state index in [1.54, 1.807) is 11.3 Å². The van der Waals surface area contributed by atoms with Gasteiger partial charge in [0.05, 0.1) is 17.2 Å². The fourth-order valence-corrected chi connectivity index (χ4v) is 2.78. The SMILES string of the molecule is CCCc1nc(N(CC)CCC)sc1CO. The monoisotopic (exact) mass is 242 g/mol. The summed E-state index contributed by atoms with van der Waals surface area (Å²) in [7, 11) is 0. The van der Waals surface area contributed by atoms with Crippen LogP contribution in [0, 0.1) is 0 Å². The van der Waals surface area contributed by atoms with Crippen molar-refractivity contribution in [2.24, 2.45) is 0 Å². The molecule has 1 heterocycles. The maximum absolute atomic E-state index is 9.29. The highest BCUT2D eigenvalue weighted by atomic mass is 32.1. The lowest BCUT2D eigenvalue weighted by atomic mass is 10.2. The molecule has 0 atom stereocenters. The minimum Gasteiger partial charge on any atom is -0.391 e. The lowest BCUT2D eigenvalue weighted by molar-refractivity contribution is 0.284. The second-order valence-electron chi connectivity index (χ2n) is 3.85. The summed E-state index contributed by atoms with van der Waals surface area (Å²) in [5, 5.41) is 10.4. The number of rotatable bonds is 7. The summed E-state index contributed by atoms with van der Waals surface area (Å²) in [5.41, 5.74) is 1.08. The van der Waals surface area contributed by atoms with E-state index in [1.165, 1.54) is 0 Å². The molecule has 3 nitrogen and oxygen atoms in total. The van der Waals surface area contributed by atoms with E-state index in [-0.39, 0.29) is 6.61 Å². The van der Waals surface area contributed by atoms with Crippen molar-refractivity contribution < 1.29 is 5.11 Å². The van der Waals surface area contributed by atoms with Crippen LogP contribution in [-0.4, -0.2) is 23.2 Å². The van der Waals surface area contributed by atoms with E-state index in [0.29, 0.717) is 0 Å². The highest BCUT2D eigenvalue weighted by Gasteiger charge is 2.13. The molecule has 4 heteroatoms. The summed E-state index contributed by atoms with van der Waals surface area (Å²) >= 11 is 1.64. The third-order valence-corrected chi connectivity index (χ3v) is 3.69. The van der Waals surface area contributed by atoms with Gasteiger partial charge < -0.3 is 10.0 Å². The predicted octanol–water partition coefficient (Wildman–Crippen LogP) is 2.82. The number of hydrogen-bond acceptors (Lipinski definition) is 4. The molecule has 0 saturated carbocycles. The third kappa shape index (κ3) is 3.19. The summed E-state index contributed by atoms with van der Waals surface area (Å²) < 4.78 is 0. The van der Waals surface area contributed by atoms with Crippen molar-refractivity contribution in [2.75, 3.05) is 18.0 Å². The number of anilines is 1. The number of aliphatic hydroxyl groups is 1. The molecule has 16 heavy (non-hydrogen) atoms. The Morgan fingerprint density at radius 3 is 2.50 bits per heavy atom. The molecular weight excluding hydrogens is 220 g/mol. The van der Waals surface area contributed by atoms with Crippen LogP contribution in [0.2, 0.25) is 0 Å². The van der Waals surface area contributed by atoms with Crippen molar-refractivity contribution in [3.8, 4) is 0 Å². The molecule has 0 bridgehead atoms. The van der Waals surface area contributed by atoms with Crippen LogP contribution in [0.5, 0.6) is 0 Å². The number of aliphatic hydroxyl groups excluding tert-OH is 1. The van der Waals surface area contributed by atoms with Crippen LogP contribution >= 0.6 is 11.3 Å². The highest BCUT2D eigenvalue weighted by Crippen LogP contribution is 2.27. The average molecular weight is 242 g/mol. The smallest absolute Gasteiger partial charge is 0.185 e. The summed E-state index contributed by atoms with van der Waals surface area (Å²) in [6.45, 7) is 8.62. The van der Waals surface area contributed by atoms with Gasteiger partial charge in [-0.3, -0.25) is 0 Å². The zero-order valence-electron chi connectivity index (χ0n) is 10.5. The summed E-state index contributed by atoms with van der Waals surface area (Å²) in [6.07, 6.45) is 3.18. The van der Waals surface area contributed by atoms with Gasteiger partial charge in [0, 0.05) is 13.1 Å². The van der Waals surface area contributed by atoms with Crippen molar-refractivity contribution in [1.82, 2.24) is 4.98 Å². The first-order valence-electron chi connectivity index (χ1n) is 6.11. The first kappa shape index (κ1) is 13.5. The van der Waals surface area contributed by atoms with Gasteiger partial charge in [-0.25, -0.2) is 4.98 Å². The molecule has 0 saturated heterocycles. The molecule has 1 N–H and O–H groups in total. The molecule has 1 rings (SSSR count). The lowest BCUT2D eigenvalue weighted by Crippen LogP contribution is -2.23. The van der Waals surface area contributed by atoms with Crippen LogP contribution in [0.3, 0.4) is 0 Å². The minimum absolute atomic E-state index is 0.122. The number of hydrogen-bond donors (Lipinski definition) is 1. The van der Waals surface area contributed by atoms with E-state index in [4.69, 9.17) is 0 Å². The van der Waals surface area contributed by atoms with Gasteiger partial charge in [0.25, 0.3) is 0 Å². The van der Waals surface area contributed by atoms with Crippen LogP contribution in [0.4, 0.5) is 5.13 Å². The van der Waals surface area contributed by atoms with Gasteiger partial charge >= 0.3 is 0 Å². The van der Waals surface area contributed by atoms with E-state index in [9.17, 15) is 5.11 Å². The standard InChI is InChI=1S/C12H22N2OS/c1-4-7-10-11(9-15)16-12(13-10)14(6-3)8-5-2/h15H,4-9H2,1-3H3. The molecule has 0 radical (unpaired) electrons. The molecule has 1 aromatic rings. The topological polar surface area (TPSA) is 36.4 Å². The molecule has 0 spiro atoms. The zero-order valence-corrected chi connectivity index (χ0v) is 11.3. The molecule has 0 aliphatic heterocycles. The van der Waals surface area contributed by atoms with Crippen LogP contribution in [0.25, 0.3) is 0 Å². The van der Waals surface area contributed by atoms with Gasteiger partial charge in [-0.1, -0.05) is 31.6 Å². The molecule has 0 aliphatic rings. The summed E-state index contributed by atoms with van der Waals surface area (Å²) in [4.78, 5) is 7.96. The molecule has 1 aromatic heterocycles. The average Bonchev–Trinajstić information content (AvgIpc) is 2.69. The van der Waals surface area contributed by atoms with Crippen molar-refractivity contribution in [3.05, 3.63) is 10.6 Å². The second-order valence-corrected chi connectivity index (χ2v) is 4.92. The van der Waals surface area contributed by atoms with Gasteiger partial charge in [0.2, 0.25) is 0 Å². The normalized spacial score (nSPS) is 10.8. The number of aromatic nitrogens is 1. The van der Waals surface area contributed by atoms with Gasteiger partial charge in [0.15, 0.2) is 5.13 Å².